The van der Waals surface area contributed by atoms with Crippen molar-refractivity contribution in [2.24, 2.45) is 0 Å². The molecule has 1 aromatic carbocycles. The topological polar surface area (TPSA) is 47.3 Å². The van der Waals surface area contributed by atoms with Gasteiger partial charge in [0.25, 0.3) is 0 Å². The van der Waals surface area contributed by atoms with Gasteiger partial charge in [0.15, 0.2) is 0 Å². The van der Waals surface area contributed by atoms with Crippen LogP contribution in [0.4, 0.5) is 0 Å². The number of fused-ring (bicyclic) bond motifs is 1. The monoisotopic (exact) mass is 274 g/mol. The minimum atomic E-state index is 0.0338. The van der Waals surface area contributed by atoms with Crippen LogP contribution in [-0.4, -0.2) is 34.5 Å². The maximum Gasteiger partial charge on any atom is 0.0959 e. The van der Waals surface area contributed by atoms with Crippen molar-refractivity contribution < 1.29 is 9.84 Å². The summed E-state index contributed by atoms with van der Waals surface area (Å²) in [6.45, 7) is 1.56. The van der Waals surface area contributed by atoms with E-state index in [-0.39, 0.29) is 6.61 Å². The molecule has 92 valence electrons. The molecular weight excluding hydrogens is 263 g/mol. The average Bonchev–Trinajstić information content (AvgIpc) is 2.68. The summed E-state index contributed by atoms with van der Waals surface area (Å²) in [5, 5.41) is 9.60. The van der Waals surface area contributed by atoms with E-state index < -0.39 is 0 Å². The molecule has 0 aliphatic carbocycles. The lowest BCUT2D eigenvalue weighted by molar-refractivity contribution is 0.0875. The van der Waals surface area contributed by atoms with E-state index >= 15 is 0 Å². The Morgan fingerprint density at radius 3 is 2.76 bits per heavy atom. The van der Waals surface area contributed by atoms with Crippen molar-refractivity contribution in [1.29, 1.82) is 0 Å². The third-order valence-corrected chi connectivity index (χ3v) is 3.10. The first-order valence-electron chi connectivity index (χ1n) is 5.21. The second-order valence-electron chi connectivity index (χ2n) is 3.53. The number of rotatable bonds is 5. The van der Waals surface area contributed by atoms with Crippen LogP contribution in [0.2, 0.25) is 10.0 Å². The van der Waals surface area contributed by atoms with Gasteiger partial charge < -0.3 is 14.4 Å². The number of aliphatic hydroxyl groups excluding tert-OH is 1. The number of benzene rings is 1. The standard InChI is InChI=1S/C11H12Cl2N2O2/c12-8-5-10-11(6-9(8)13)15(7-14-10)1-3-17-4-2-16/h5-7,16H,1-4H2. The van der Waals surface area contributed by atoms with E-state index in [1.54, 1.807) is 18.5 Å². The van der Waals surface area contributed by atoms with E-state index in [1.807, 2.05) is 4.57 Å². The van der Waals surface area contributed by atoms with E-state index in [1.165, 1.54) is 0 Å². The highest BCUT2D eigenvalue weighted by Gasteiger charge is 2.06. The van der Waals surface area contributed by atoms with Gasteiger partial charge in [-0.3, -0.25) is 0 Å². The molecule has 0 amide bonds. The number of hydrogen-bond acceptors (Lipinski definition) is 3. The number of aliphatic hydroxyl groups is 1. The lowest BCUT2D eigenvalue weighted by Crippen LogP contribution is -2.07. The van der Waals surface area contributed by atoms with Crippen LogP contribution >= 0.6 is 23.2 Å². The molecule has 0 fully saturated rings. The van der Waals surface area contributed by atoms with Gasteiger partial charge in [0.2, 0.25) is 0 Å². The minimum absolute atomic E-state index is 0.0338. The smallest absolute Gasteiger partial charge is 0.0959 e. The fraction of sp³-hybridized carbons (Fsp3) is 0.364. The minimum Gasteiger partial charge on any atom is -0.394 e. The van der Waals surface area contributed by atoms with Crippen molar-refractivity contribution in [1.82, 2.24) is 9.55 Å². The van der Waals surface area contributed by atoms with E-state index in [0.717, 1.165) is 11.0 Å². The summed E-state index contributed by atoms with van der Waals surface area (Å²) >= 11 is 11.9. The van der Waals surface area contributed by atoms with Crippen molar-refractivity contribution in [3.05, 3.63) is 28.5 Å². The molecule has 0 unspecified atom stereocenters. The molecule has 0 radical (unpaired) electrons. The Morgan fingerprint density at radius 1 is 1.24 bits per heavy atom. The molecule has 0 bridgehead atoms. The second-order valence-corrected chi connectivity index (χ2v) is 4.34. The molecule has 0 aliphatic heterocycles. The Hall–Kier alpha value is -0.810. The van der Waals surface area contributed by atoms with Gasteiger partial charge in [-0.15, -0.1) is 0 Å². The molecule has 2 rings (SSSR count). The lowest BCUT2D eigenvalue weighted by atomic mass is 10.3. The molecule has 6 heteroatoms. The molecule has 1 N–H and O–H groups in total. The number of imidazole rings is 1. The predicted molar refractivity (Wildman–Crippen MR) is 67.7 cm³/mol. The number of halogens is 2. The molecule has 1 heterocycles. The molecule has 1 aromatic heterocycles. The quantitative estimate of drug-likeness (QED) is 0.852. The van der Waals surface area contributed by atoms with E-state index in [0.29, 0.717) is 29.8 Å². The van der Waals surface area contributed by atoms with Crippen LogP contribution in [0.5, 0.6) is 0 Å². The normalized spacial score (nSPS) is 11.2. The SMILES string of the molecule is OCCOCCn1cnc2cc(Cl)c(Cl)cc21. The van der Waals surface area contributed by atoms with E-state index in [9.17, 15) is 0 Å². The molecule has 0 spiro atoms. The zero-order valence-electron chi connectivity index (χ0n) is 9.07. The van der Waals surface area contributed by atoms with Crippen molar-refractivity contribution in [2.45, 2.75) is 6.54 Å². The molecule has 0 aliphatic rings. The number of nitrogens with zero attached hydrogens (tertiary/aromatic N) is 2. The Kier molecular flexibility index (Phi) is 4.23. The molecule has 17 heavy (non-hydrogen) atoms. The molecule has 0 saturated heterocycles. The highest BCUT2D eigenvalue weighted by atomic mass is 35.5. The van der Waals surface area contributed by atoms with Gasteiger partial charge >= 0.3 is 0 Å². The Labute approximate surface area is 109 Å². The Bertz CT molecular complexity index is 513. The van der Waals surface area contributed by atoms with E-state index in [4.69, 9.17) is 33.0 Å². The zero-order chi connectivity index (χ0) is 12.3. The summed E-state index contributed by atoms with van der Waals surface area (Å²) in [4.78, 5) is 4.23. The van der Waals surface area contributed by atoms with Crippen LogP contribution in [0.25, 0.3) is 11.0 Å². The highest BCUT2D eigenvalue weighted by Crippen LogP contribution is 2.27. The summed E-state index contributed by atoms with van der Waals surface area (Å²) < 4.78 is 7.14. The van der Waals surface area contributed by atoms with Crippen LogP contribution in [0.15, 0.2) is 18.5 Å². The molecule has 2 aromatic rings. The first kappa shape index (κ1) is 12.6. The van der Waals surface area contributed by atoms with Crippen LogP contribution < -0.4 is 0 Å². The zero-order valence-corrected chi connectivity index (χ0v) is 10.6. The summed E-state index contributed by atoms with van der Waals surface area (Å²) in [5.41, 5.74) is 1.73. The van der Waals surface area contributed by atoms with Gasteiger partial charge in [0, 0.05) is 6.54 Å². The van der Waals surface area contributed by atoms with Gasteiger partial charge in [0.05, 0.1) is 47.2 Å². The Balaban J connectivity index is 2.15. The van der Waals surface area contributed by atoms with Crippen molar-refractivity contribution in [3.8, 4) is 0 Å². The maximum atomic E-state index is 8.59. The fourth-order valence-electron chi connectivity index (χ4n) is 1.56. The van der Waals surface area contributed by atoms with Crippen LogP contribution in [-0.2, 0) is 11.3 Å². The van der Waals surface area contributed by atoms with Crippen molar-refractivity contribution in [2.75, 3.05) is 19.8 Å². The molecule has 0 atom stereocenters. The Morgan fingerprint density at radius 2 is 2.00 bits per heavy atom. The molecule has 4 nitrogen and oxygen atoms in total. The third kappa shape index (κ3) is 2.90. The molecule has 0 saturated carbocycles. The summed E-state index contributed by atoms with van der Waals surface area (Å²) in [6, 6.07) is 3.53. The lowest BCUT2D eigenvalue weighted by Gasteiger charge is -2.05. The van der Waals surface area contributed by atoms with Gasteiger partial charge in [-0.2, -0.15) is 0 Å². The van der Waals surface area contributed by atoms with Gasteiger partial charge in [-0.1, -0.05) is 23.2 Å². The van der Waals surface area contributed by atoms with Crippen LogP contribution in [0.3, 0.4) is 0 Å². The summed E-state index contributed by atoms with van der Waals surface area (Å²) in [5.74, 6) is 0. The first-order chi connectivity index (χ1) is 8.22. The second kappa shape index (κ2) is 5.69. The van der Waals surface area contributed by atoms with Gasteiger partial charge in [0.1, 0.15) is 0 Å². The maximum absolute atomic E-state index is 8.59. The molecular formula is C11H12Cl2N2O2. The predicted octanol–water partition coefficient (Wildman–Crippen LogP) is 2.35. The van der Waals surface area contributed by atoms with Crippen molar-refractivity contribution in [3.63, 3.8) is 0 Å². The third-order valence-electron chi connectivity index (χ3n) is 2.38. The van der Waals surface area contributed by atoms with Crippen molar-refractivity contribution >= 4 is 34.2 Å². The average molecular weight is 275 g/mol. The van der Waals surface area contributed by atoms with Crippen LogP contribution in [0, 0.1) is 0 Å². The number of hydrogen-bond donors (Lipinski definition) is 1. The van der Waals surface area contributed by atoms with Gasteiger partial charge in [-0.25, -0.2) is 4.98 Å². The first-order valence-corrected chi connectivity index (χ1v) is 5.96. The van der Waals surface area contributed by atoms with E-state index in [2.05, 4.69) is 4.98 Å². The van der Waals surface area contributed by atoms with Crippen LogP contribution in [0.1, 0.15) is 0 Å². The number of aromatic nitrogens is 2. The fourth-order valence-corrected chi connectivity index (χ4v) is 1.88. The summed E-state index contributed by atoms with van der Waals surface area (Å²) in [6.07, 6.45) is 1.72. The number of ether oxygens (including phenoxy) is 1. The largest absolute Gasteiger partial charge is 0.394 e. The van der Waals surface area contributed by atoms with Gasteiger partial charge in [-0.05, 0) is 12.1 Å². The summed E-state index contributed by atoms with van der Waals surface area (Å²) in [7, 11) is 0. The highest BCUT2D eigenvalue weighted by molar-refractivity contribution is 6.42.